The lowest BCUT2D eigenvalue weighted by Gasteiger charge is -2.16. The van der Waals surface area contributed by atoms with Crippen LogP contribution in [0, 0.1) is 12.8 Å². The predicted molar refractivity (Wildman–Crippen MR) is 75.4 cm³/mol. The van der Waals surface area contributed by atoms with Gasteiger partial charge in [-0.25, -0.2) is 0 Å². The fourth-order valence-corrected chi connectivity index (χ4v) is 2.61. The third-order valence-corrected chi connectivity index (χ3v) is 4.09. The Morgan fingerprint density at radius 3 is 2.72 bits per heavy atom. The average molecular weight is 287 g/mol. The maximum atomic E-state index is 12.1. The molecular formula is C13H16Cl2N2O. The zero-order chi connectivity index (χ0) is 13.3. The van der Waals surface area contributed by atoms with Crippen LogP contribution in [0.25, 0.3) is 0 Å². The molecule has 1 aromatic rings. The van der Waals surface area contributed by atoms with E-state index in [1.54, 1.807) is 12.1 Å². The van der Waals surface area contributed by atoms with E-state index >= 15 is 0 Å². The molecule has 2 N–H and O–H groups in total. The molecule has 0 aliphatic carbocycles. The van der Waals surface area contributed by atoms with Crippen molar-refractivity contribution in [2.45, 2.75) is 26.3 Å². The van der Waals surface area contributed by atoms with Gasteiger partial charge in [-0.05, 0) is 44.5 Å². The molecule has 5 heteroatoms. The number of benzene rings is 1. The zero-order valence-corrected chi connectivity index (χ0v) is 11.9. The quantitative estimate of drug-likeness (QED) is 0.876. The highest BCUT2D eigenvalue weighted by atomic mass is 35.5. The Bertz CT molecular complexity index is 476. The molecule has 0 saturated carbocycles. The van der Waals surface area contributed by atoms with E-state index < -0.39 is 0 Å². The standard InChI is InChI=1S/C13H16Cl2N2O/c1-7-5-11(15)12(6-10(7)14)17-13(18)9-3-4-16-8(9)2/h5-6,8-9,16H,3-4H2,1-2H3,(H,17,18). The van der Waals surface area contributed by atoms with Gasteiger partial charge in [0.05, 0.1) is 16.6 Å². The van der Waals surface area contributed by atoms with Crippen molar-refractivity contribution >= 4 is 34.8 Å². The maximum Gasteiger partial charge on any atom is 0.229 e. The van der Waals surface area contributed by atoms with Gasteiger partial charge in [-0.15, -0.1) is 0 Å². The van der Waals surface area contributed by atoms with E-state index in [2.05, 4.69) is 10.6 Å². The fraction of sp³-hybridized carbons (Fsp3) is 0.462. The highest BCUT2D eigenvalue weighted by molar-refractivity contribution is 6.36. The van der Waals surface area contributed by atoms with Crippen molar-refractivity contribution in [2.75, 3.05) is 11.9 Å². The molecule has 0 spiro atoms. The van der Waals surface area contributed by atoms with Gasteiger partial charge >= 0.3 is 0 Å². The van der Waals surface area contributed by atoms with E-state index in [4.69, 9.17) is 23.2 Å². The molecule has 1 fully saturated rings. The van der Waals surface area contributed by atoms with E-state index in [0.717, 1.165) is 18.5 Å². The molecule has 1 aromatic carbocycles. The summed E-state index contributed by atoms with van der Waals surface area (Å²) < 4.78 is 0. The van der Waals surface area contributed by atoms with Crippen molar-refractivity contribution in [2.24, 2.45) is 5.92 Å². The molecule has 0 bridgehead atoms. The molecule has 1 saturated heterocycles. The minimum atomic E-state index is -0.0128. The normalized spacial score (nSPS) is 23.1. The molecule has 0 aromatic heterocycles. The van der Waals surface area contributed by atoms with Gasteiger partial charge in [0.1, 0.15) is 0 Å². The lowest BCUT2D eigenvalue weighted by atomic mass is 10.0. The summed E-state index contributed by atoms with van der Waals surface area (Å²) in [5.74, 6) is -0.0181. The van der Waals surface area contributed by atoms with Gasteiger partial charge < -0.3 is 10.6 Å². The summed E-state index contributed by atoms with van der Waals surface area (Å²) in [5, 5.41) is 7.23. The van der Waals surface area contributed by atoms with Crippen LogP contribution in [0.4, 0.5) is 5.69 Å². The highest BCUT2D eigenvalue weighted by Gasteiger charge is 2.29. The third-order valence-electron chi connectivity index (χ3n) is 3.37. The van der Waals surface area contributed by atoms with Crippen LogP contribution in [0.15, 0.2) is 12.1 Å². The van der Waals surface area contributed by atoms with Gasteiger partial charge in [0.2, 0.25) is 5.91 Å². The number of carbonyl (C=O) groups excluding carboxylic acids is 1. The van der Waals surface area contributed by atoms with Gasteiger partial charge in [0.25, 0.3) is 0 Å². The second-order valence-corrected chi connectivity index (χ2v) is 5.52. The van der Waals surface area contributed by atoms with Gasteiger partial charge in [-0.1, -0.05) is 23.2 Å². The van der Waals surface area contributed by atoms with Gasteiger partial charge in [0.15, 0.2) is 0 Å². The SMILES string of the molecule is Cc1cc(Cl)c(NC(=O)C2CCNC2C)cc1Cl. The summed E-state index contributed by atoms with van der Waals surface area (Å²) >= 11 is 12.1. The molecule has 1 aliphatic heterocycles. The van der Waals surface area contributed by atoms with Crippen LogP contribution in [-0.2, 0) is 4.79 Å². The summed E-state index contributed by atoms with van der Waals surface area (Å²) in [5.41, 5.74) is 1.48. The Labute approximate surface area is 117 Å². The number of aryl methyl sites for hydroxylation is 1. The molecular weight excluding hydrogens is 271 g/mol. The van der Waals surface area contributed by atoms with Crippen molar-refractivity contribution in [1.29, 1.82) is 0 Å². The Balaban J connectivity index is 2.14. The zero-order valence-electron chi connectivity index (χ0n) is 10.4. The Morgan fingerprint density at radius 2 is 2.11 bits per heavy atom. The number of rotatable bonds is 2. The Hall–Kier alpha value is -0.770. The lowest BCUT2D eigenvalue weighted by Crippen LogP contribution is -2.32. The first kappa shape index (κ1) is 13.7. The van der Waals surface area contributed by atoms with Gasteiger partial charge in [-0.3, -0.25) is 4.79 Å². The largest absolute Gasteiger partial charge is 0.324 e. The molecule has 2 unspecified atom stereocenters. The summed E-state index contributed by atoms with van der Waals surface area (Å²) in [4.78, 5) is 12.1. The monoisotopic (exact) mass is 286 g/mol. The third kappa shape index (κ3) is 2.79. The first-order chi connectivity index (χ1) is 8.49. The second kappa shape index (κ2) is 5.47. The molecule has 1 aliphatic rings. The van der Waals surface area contributed by atoms with E-state index in [9.17, 15) is 4.79 Å². The topological polar surface area (TPSA) is 41.1 Å². The number of hydrogen-bond donors (Lipinski definition) is 2. The van der Waals surface area contributed by atoms with Crippen molar-refractivity contribution in [1.82, 2.24) is 5.32 Å². The molecule has 2 rings (SSSR count). The summed E-state index contributed by atoms with van der Waals surface area (Å²) in [6.07, 6.45) is 0.851. The van der Waals surface area contributed by atoms with Crippen LogP contribution < -0.4 is 10.6 Å². The summed E-state index contributed by atoms with van der Waals surface area (Å²) in [6, 6.07) is 3.66. The van der Waals surface area contributed by atoms with Gasteiger partial charge in [0, 0.05) is 11.1 Å². The molecule has 1 amide bonds. The minimum Gasteiger partial charge on any atom is -0.324 e. The second-order valence-electron chi connectivity index (χ2n) is 4.71. The number of anilines is 1. The van der Waals surface area contributed by atoms with Crippen LogP contribution >= 0.6 is 23.2 Å². The van der Waals surface area contributed by atoms with E-state index in [1.165, 1.54) is 0 Å². The summed E-state index contributed by atoms with van der Waals surface area (Å²) in [7, 11) is 0. The van der Waals surface area contributed by atoms with Crippen LogP contribution in [0.1, 0.15) is 18.9 Å². The summed E-state index contributed by atoms with van der Waals surface area (Å²) in [6.45, 7) is 4.77. The molecule has 2 atom stereocenters. The number of hydrogen-bond acceptors (Lipinski definition) is 2. The predicted octanol–water partition coefficient (Wildman–Crippen LogP) is 3.24. The Morgan fingerprint density at radius 1 is 1.39 bits per heavy atom. The van der Waals surface area contributed by atoms with E-state index in [1.807, 2.05) is 13.8 Å². The van der Waals surface area contributed by atoms with Crippen molar-refractivity contribution < 1.29 is 4.79 Å². The highest BCUT2D eigenvalue weighted by Crippen LogP contribution is 2.29. The fourth-order valence-electron chi connectivity index (χ4n) is 2.18. The van der Waals surface area contributed by atoms with Crippen LogP contribution in [0.5, 0.6) is 0 Å². The number of amides is 1. The van der Waals surface area contributed by atoms with Crippen LogP contribution in [0.3, 0.4) is 0 Å². The molecule has 0 radical (unpaired) electrons. The minimum absolute atomic E-state index is 0.00526. The van der Waals surface area contributed by atoms with Crippen molar-refractivity contribution in [3.05, 3.63) is 27.7 Å². The van der Waals surface area contributed by atoms with E-state index in [0.29, 0.717) is 15.7 Å². The first-order valence-corrected chi connectivity index (χ1v) is 6.74. The Kier molecular flexibility index (Phi) is 4.15. The van der Waals surface area contributed by atoms with Crippen molar-refractivity contribution in [3.8, 4) is 0 Å². The van der Waals surface area contributed by atoms with Crippen LogP contribution in [0.2, 0.25) is 10.0 Å². The molecule has 3 nitrogen and oxygen atoms in total. The van der Waals surface area contributed by atoms with Crippen LogP contribution in [-0.4, -0.2) is 18.5 Å². The number of nitrogens with one attached hydrogen (secondary N) is 2. The molecule has 98 valence electrons. The smallest absolute Gasteiger partial charge is 0.229 e. The molecule has 1 heterocycles. The molecule has 18 heavy (non-hydrogen) atoms. The van der Waals surface area contributed by atoms with E-state index in [-0.39, 0.29) is 17.9 Å². The number of carbonyl (C=O) groups is 1. The lowest BCUT2D eigenvalue weighted by molar-refractivity contribution is -0.119. The average Bonchev–Trinajstić information content (AvgIpc) is 2.72. The van der Waals surface area contributed by atoms with Crippen molar-refractivity contribution in [3.63, 3.8) is 0 Å². The number of halogens is 2. The first-order valence-electron chi connectivity index (χ1n) is 5.99. The maximum absolute atomic E-state index is 12.1. The van der Waals surface area contributed by atoms with Gasteiger partial charge in [-0.2, -0.15) is 0 Å².